The van der Waals surface area contributed by atoms with E-state index in [4.69, 9.17) is 9.47 Å². The van der Waals surface area contributed by atoms with Gasteiger partial charge in [-0.3, -0.25) is 19.2 Å². The van der Waals surface area contributed by atoms with Crippen LogP contribution in [0, 0.1) is 23.7 Å². The predicted octanol–water partition coefficient (Wildman–Crippen LogP) is 33.2. The number of hydrogen-bond acceptors (Lipinski definition) is 8. The lowest BCUT2D eigenvalue weighted by molar-refractivity contribution is -0.186. The maximum atomic E-state index is 14.8. The summed E-state index contributed by atoms with van der Waals surface area (Å²) in [6.45, 7) is 12.7. The van der Waals surface area contributed by atoms with Crippen LogP contribution in [0.15, 0.2) is 152 Å². The first-order valence-electron chi connectivity index (χ1n) is 51.9. The highest BCUT2D eigenvalue weighted by atomic mass is 16.6. The van der Waals surface area contributed by atoms with E-state index in [0.717, 1.165) is 126 Å². The Morgan fingerprint density at radius 1 is 0.262 bits per heavy atom. The molecule has 5 aromatic carbocycles. The Balaban J connectivity index is 0.885. The van der Waals surface area contributed by atoms with Gasteiger partial charge in [0.25, 0.3) is 0 Å². The summed E-state index contributed by atoms with van der Waals surface area (Å²) < 4.78 is 12.8. The zero-order valence-corrected chi connectivity index (χ0v) is 80.3. The van der Waals surface area contributed by atoms with Gasteiger partial charge in [-0.15, -0.1) is 0 Å². The van der Waals surface area contributed by atoms with Crippen molar-refractivity contribution in [1.29, 1.82) is 0 Å². The fourth-order valence-electron chi connectivity index (χ4n) is 20.1. The van der Waals surface area contributed by atoms with Gasteiger partial charge in [0, 0.05) is 31.1 Å². The van der Waals surface area contributed by atoms with Crippen LogP contribution in [0.3, 0.4) is 0 Å². The minimum atomic E-state index is -1.68. The van der Waals surface area contributed by atoms with Crippen LogP contribution < -0.4 is 0 Å². The van der Waals surface area contributed by atoms with E-state index in [1.165, 1.54) is 242 Å². The van der Waals surface area contributed by atoms with Gasteiger partial charge < -0.3 is 29.9 Å². The number of benzene rings is 5. The fraction of sp³-hybridized carbons (Fsp3) is 0.684. The molecule has 0 radical (unpaired) electrons. The highest BCUT2D eigenvalue weighted by molar-refractivity contribution is 5.85. The van der Waals surface area contributed by atoms with Crippen LogP contribution in [0.25, 0.3) is 0 Å². The molecule has 0 saturated heterocycles. The molecular formula is C114H178O12. The van der Waals surface area contributed by atoms with Crippen LogP contribution in [0.1, 0.15) is 491 Å². The van der Waals surface area contributed by atoms with Gasteiger partial charge in [-0.05, 0) is 128 Å². The van der Waals surface area contributed by atoms with E-state index in [2.05, 4.69) is 88.4 Å². The van der Waals surface area contributed by atoms with Gasteiger partial charge in [-0.25, -0.2) is 9.59 Å². The molecule has 0 aliphatic heterocycles. The van der Waals surface area contributed by atoms with Crippen LogP contribution in [0.2, 0.25) is 0 Å². The normalized spacial score (nSPS) is 14.8. The summed E-state index contributed by atoms with van der Waals surface area (Å²) in [5.41, 5.74) is 2.14. The number of carboxylic acids is 4. The summed E-state index contributed by atoms with van der Waals surface area (Å²) in [6, 6.07) is 50.8. The molecule has 0 heterocycles. The van der Waals surface area contributed by atoms with E-state index in [1.54, 1.807) is 0 Å². The van der Waals surface area contributed by atoms with Crippen molar-refractivity contribution in [3.63, 3.8) is 0 Å². The second-order valence-corrected chi connectivity index (χ2v) is 38.6. The predicted molar refractivity (Wildman–Crippen MR) is 524 cm³/mol. The first kappa shape index (κ1) is 109. The monoisotopic (exact) mass is 1740 g/mol. The largest absolute Gasteiger partial charge is 0.481 e. The summed E-state index contributed by atoms with van der Waals surface area (Å²) in [7, 11) is 0. The molecule has 5 aromatic rings. The van der Waals surface area contributed by atoms with Crippen LogP contribution >= 0.6 is 0 Å². The Morgan fingerprint density at radius 3 is 0.770 bits per heavy atom. The molecular weight excluding hydrogens is 1560 g/mol. The SMILES string of the molecule is CCC(CCCCCCCCCCCCCCCCCCC(C(=O)OC(CCCCCCCCCCCCCCCCCCC(CCC(=O)O)C(C)c1ccccc1)(C(=O)O)C(C)c1ccccc1)C(C)c1ccccc1)CCC(=O)OC(CCCCCCCCCCCCCCCCCCC(CCC(=O)O)C(C)c1ccccc1)(C(=O)O)C(C)c1ccccc1. The van der Waals surface area contributed by atoms with E-state index in [0.29, 0.717) is 55.3 Å². The summed E-state index contributed by atoms with van der Waals surface area (Å²) in [4.78, 5) is 78.5. The molecule has 126 heavy (non-hydrogen) atoms. The number of rotatable bonds is 82. The van der Waals surface area contributed by atoms with Crippen LogP contribution in [0.5, 0.6) is 0 Å². The lowest BCUT2D eigenvalue weighted by Crippen LogP contribution is -2.49. The number of aliphatic carboxylic acids is 4. The molecule has 0 saturated carbocycles. The van der Waals surface area contributed by atoms with Gasteiger partial charge in [0.1, 0.15) is 0 Å². The zero-order chi connectivity index (χ0) is 90.8. The summed E-state index contributed by atoms with van der Waals surface area (Å²) >= 11 is 0. The molecule has 0 spiro atoms. The van der Waals surface area contributed by atoms with E-state index in [9.17, 15) is 49.2 Å². The first-order chi connectivity index (χ1) is 61.3. The Labute approximate surface area is 767 Å². The molecule has 12 nitrogen and oxygen atoms in total. The van der Waals surface area contributed by atoms with E-state index < -0.39 is 64.8 Å². The average molecular weight is 1740 g/mol. The van der Waals surface area contributed by atoms with Crippen molar-refractivity contribution in [2.45, 2.75) is 474 Å². The number of esters is 2. The maximum absolute atomic E-state index is 14.8. The number of hydrogen-bond donors (Lipinski definition) is 4. The van der Waals surface area contributed by atoms with Crippen molar-refractivity contribution in [2.24, 2.45) is 23.7 Å². The number of carbonyl (C=O) groups is 6. The lowest BCUT2D eigenvalue weighted by Gasteiger charge is -2.37. The van der Waals surface area contributed by atoms with Gasteiger partial charge in [0.2, 0.25) is 11.2 Å². The molecule has 11 unspecified atom stereocenters. The lowest BCUT2D eigenvalue weighted by atomic mass is 9.78. The minimum Gasteiger partial charge on any atom is -0.481 e. The molecule has 0 bridgehead atoms. The van der Waals surface area contributed by atoms with Crippen molar-refractivity contribution in [2.75, 3.05) is 0 Å². The van der Waals surface area contributed by atoms with Crippen molar-refractivity contribution in [3.05, 3.63) is 179 Å². The maximum Gasteiger partial charge on any atom is 0.348 e. The van der Waals surface area contributed by atoms with Crippen molar-refractivity contribution >= 4 is 35.8 Å². The quantitative estimate of drug-likeness (QED) is 0.0212. The second kappa shape index (κ2) is 68.9. The van der Waals surface area contributed by atoms with Crippen LogP contribution in [-0.4, -0.2) is 67.4 Å². The van der Waals surface area contributed by atoms with Gasteiger partial charge in [0.15, 0.2) is 0 Å². The molecule has 706 valence electrons. The molecule has 5 rings (SSSR count). The Bertz CT molecular complexity index is 3530. The van der Waals surface area contributed by atoms with Crippen molar-refractivity contribution in [1.82, 2.24) is 0 Å². The molecule has 4 N–H and O–H groups in total. The molecule has 0 amide bonds. The number of unbranched alkanes of at least 4 members (excludes halogenated alkanes) is 45. The van der Waals surface area contributed by atoms with Crippen LogP contribution in [0.4, 0.5) is 0 Å². The molecule has 0 fully saturated rings. The number of carboxylic acid groups (broad SMARTS) is 4. The third-order valence-corrected chi connectivity index (χ3v) is 29.0. The first-order valence-corrected chi connectivity index (χ1v) is 51.9. The molecule has 12 heteroatoms. The molecule has 11 atom stereocenters. The minimum absolute atomic E-state index is 0.126. The number of ether oxygens (including phenoxy) is 2. The third-order valence-electron chi connectivity index (χ3n) is 29.0. The topological polar surface area (TPSA) is 202 Å². The molecule has 0 aromatic heterocycles. The van der Waals surface area contributed by atoms with E-state index in [1.807, 2.05) is 105 Å². The summed E-state index contributed by atoms with van der Waals surface area (Å²) in [6.07, 6.45) is 65.5. The van der Waals surface area contributed by atoms with E-state index >= 15 is 0 Å². The smallest absolute Gasteiger partial charge is 0.348 e. The Kier molecular flexibility index (Phi) is 59.9. The van der Waals surface area contributed by atoms with Gasteiger partial charge in [-0.2, -0.15) is 0 Å². The molecule has 0 aliphatic rings. The fourth-order valence-corrected chi connectivity index (χ4v) is 20.1. The highest BCUT2D eigenvalue weighted by Gasteiger charge is 2.50. The standard InChI is InChI=1S/C114H178O12/c1-7-98(85-90-109(119)125-113(111(121)122,96(5)104-80-64-53-65-81-104)91-69-48-42-36-30-24-18-12-10-15-21-27-33-39-45-56-78-102(86-88-107(115)116)93(2)99-72-58-50-59-73-99)71-55-44-38-32-26-20-14-8-9-17-23-29-35-41-47-68-84-106(95(4)101-76-62-52-63-77-101)110(120)126-114(112(123)124,97(6)105-82-66-54-67-83-105)92-70-49-43-37-31-25-19-13-11-16-22-28-34-40-46-57-79-103(87-89-108(117)118)94(3)100-74-60-51-61-75-100/h50-54,58-67,72-77,80-83,93-98,102-103,106H,7-49,55-57,68-71,78-79,84-92H2,1-6H3,(H,115,116)(H,117,118)(H,121,122)(H,123,124). The van der Waals surface area contributed by atoms with Crippen molar-refractivity contribution in [3.8, 4) is 0 Å². The van der Waals surface area contributed by atoms with Crippen LogP contribution in [-0.2, 0) is 38.2 Å². The van der Waals surface area contributed by atoms with Gasteiger partial charge in [0.05, 0.1) is 5.92 Å². The number of carbonyl (C=O) groups excluding carboxylic acids is 2. The second-order valence-electron chi connectivity index (χ2n) is 38.6. The summed E-state index contributed by atoms with van der Waals surface area (Å²) in [5.74, 6) is -3.92. The zero-order valence-electron chi connectivity index (χ0n) is 80.3. The average Bonchev–Trinajstić information content (AvgIpc) is 0.768. The Hall–Kier alpha value is -7.08. The summed E-state index contributed by atoms with van der Waals surface area (Å²) in [5, 5.41) is 40.9. The Morgan fingerprint density at radius 2 is 0.500 bits per heavy atom. The molecule has 0 aliphatic carbocycles. The van der Waals surface area contributed by atoms with Gasteiger partial charge in [-0.1, -0.05) is 501 Å². The van der Waals surface area contributed by atoms with Gasteiger partial charge >= 0.3 is 35.8 Å². The van der Waals surface area contributed by atoms with Crippen molar-refractivity contribution < 1.29 is 58.7 Å². The highest BCUT2D eigenvalue weighted by Crippen LogP contribution is 2.42. The third kappa shape index (κ3) is 45.9. The van der Waals surface area contributed by atoms with E-state index in [-0.39, 0.29) is 31.6 Å².